The molecule has 0 radical (unpaired) electrons. The van der Waals surface area contributed by atoms with E-state index in [-0.39, 0.29) is 5.41 Å². The molecule has 0 spiro atoms. The molecule has 0 aliphatic rings. The van der Waals surface area contributed by atoms with Crippen LogP contribution in [0.2, 0.25) is 0 Å². The Hall–Kier alpha value is -0.820. The van der Waals surface area contributed by atoms with E-state index in [0.717, 1.165) is 10.6 Å². The highest BCUT2D eigenvalue weighted by Crippen LogP contribution is 2.34. The molecule has 0 aliphatic heterocycles. The van der Waals surface area contributed by atoms with Crippen molar-refractivity contribution < 1.29 is 13.2 Å². The average molecular weight is 309 g/mol. The lowest BCUT2D eigenvalue weighted by molar-refractivity contribution is -0.119. The Kier molecular flexibility index (Phi) is 5.43. The quantitative estimate of drug-likeness (QED) is 0.902. The molecule has 1 aromatic rings. The van der Waals surface area contributed by atoms with Gasteiger partial charge in [-0.2, -0.15) is 13.2 Å². The van der Waals surface area contributed by atoms with E-state index >= 15 is 0 Å². The van der Waals surface area contributed by atoms with Gasteiger partial charge in [0.1, 0.15) is 6.54 Å². The van der Waals surface area contributed by atoms with Gasteiger partial charge in [-0.15, -0.1) is 11.3 Å². The van der Waals surface area contributed by atoms with Crippen molar-refractivity contribution in [3.05, 3.63) is 10.6 Å². The molecule has 0 unspecified atom stereocenters. The first-order chi connectivity index (χ1) is 9.08. The molecule has 1 rings (SSSR count). The molecule has 0 amide bonds. The van der Waals surface area contributed by atoms with Crippen molar-refractivity contribution in [2.75, 3.05) is 18.0 Å². The molecular weight excluding hydrogens is 287 g/mol. The van der Waals surface area contributed by atoms with Crippen LogP contribution < -0.4 is 10.6 Å². The molecule has 116 valence electrons. The number of anilines is 1. The first-order valence-electron chi connectivity index (χ1n) is 6.60. The van der Waals surface area contributed by atoms with E-state index in [1.165, 1.54) is 16.2 Å². The van der Waals surface area contributed by atoms with Crippen LogP contribution in [-0.4, -0.2) is 24.2 Å². The van der Waals surface area contributed by atoms with Crippen molar-refractivity contribution in [2.24, 2.45) is 5.73 Å². The van der Waals surface area contributed by atoms with E-state index in [9.17, 15) is 13.2 Å². The Bertz CT molecular complexity index is 435. The van der Waals surface area contributed by atoms with E-state index in [1.807, 2.05) is 27.7 Å². The topological polar surface area (TPSA) is 42.2 Å². The predicted molar refractivity (Wildman–Crippen MR) is 77.3 cm³/mol. The number of alkyl halides is 3. The SMILES string of the molecule is CCCN(CC(F)(F)F)c1nc(C(C)(C)C)c(CN)s1. The fourth-order valence-electron chi connectivity index (χ4n) is 1.93. The molecule has 0 saturated heterocycles. The minimum Gasteiger partial charge on any atom is -0.339 e. The van der Waals surface area contributed by atoms with Gasteiger partial charge in [-0.1, -0.05) is 27.7 Å². The molecule has 1 heterocycles. The highest BCUT2D eigenvalue weighted by molar-refractivity contribution is 7.15. The Morgan fingerprint density at radius 3 is 2.20 bits per heavy atom. The van der Waals surface area contributed by atoms with Gasteiger partial charge in [0, 0.05) is 23.4 Å². The number of halogens is 3. The summed E-state index contributed by atoms with van der Waals surface area (Å²) >= 11 is 1.26. The lowest BCUT2D eigenvalue weighted by Gasteiger charge is -2.23. The van der Waals surface area contributed by atoms with Crippen LogP contribution in [0.25, 0.3) is 0 Å². The summed E-state index contributed by atoms with van der Waals surface area (Å²) in [5.74, 6) is 0. The Labute approximate surface area is 122 Å². The molecule has 1 aromatic heterocycles. The molecule has 2 N–H and O–H groups in total. The summed E-state index contributed by atoms with van der Waals surface area (Å²) < 4.78 is 37.9. The maximum Gasteiger partial charge on any atom is 0.406 e. The molecule has 20 heavy (non-hydrogen) atoms. The van der Waals surface area contributed by atoms with Crippen molar-refractivity contribution >= 4 is 16.5 Å². The van der Waals surface area contributed by atoms with Gasteiger partial charge in [-0.3, -0.25) is 0 Å². The molecule has 0 saturated carbocycles. The summed E-state index contributed by atoms with van der Waals surface area (Å²) in [5.41, 5.74) is 6.26. The molecule has 0 aromatic carbocycles. The van der Waals surface area contributed by atoms with E-state index in [1.54, 1.807) is 0 Å². The predicted octanol–water partition coefficient (Wildman–Crippen LogP) is 3.68. The molecule has 0 atom stereocenters. The highest BCUT2D eigenvalue weighted by Gasteiger charge is 2.33. The standard InChI is InChI=1S/C13H22F3N3S/c1-5-6-19(8-13(14,15)16)11-18-10(12(2,3)4)9(7-17)20-11/h5-8,17H2,1-4H3. The molecular formula is C13H22F3N3S. The average Bonchev–Trinajstić information content (AvgIpc) is 2.70. The third kappa shape index (κ3) is 4.63. The van der Waals surface area contributed by atoms with Crippen LogP contribution in [0.3, 0.4) is 0 Å². The summed E-state index contributed by atoms with van der Waals surface area (Å²) in [4.78, 5) is 6.57. The third-order valence-electron chi connectivity index (χ3n) is 2.72. The van der Waals surface area contributed by atoms with E-state index in [4.69, 9.17) is 5.73 Å². The van der Waals surface area contributed by atoms with Gasteiger partial charge in [0.2, 0.25) is 0 Å². The largest absolute Gasteiger partial charge is 0.406 e. The first-order valence-corrected chi connectivity index (χ1v) is 7.42. The number of hydrogen-bond donors (Lipinski definition) is 1. The van der Waals surface area contributed by atoms with Crippen LogP contribution in [0, 0.1) is 0 Å². The van der Waals surface area contributed by atoms with Gasteiger partial charge in [0.25, 0.3) is 0 Å². The zero-order chi connectivity index (χ0) is 15.6. The summed E-state index contributed by atoms with van der Waals surface area (Å²) in [6.07, 6.45) is -3.59. The van der Waals surface area contributed by atoms with Crippen LogP contribution in [0.1, 0.15) is 44.7 Å². The minimum atomic E-state index is -4.23. The van der Waals surface area contributed by atoms with Crippen LogP contribution in [0.15, 0.2) is 0 Å². The van der Waals surface area contributed by atoms with Crippen molar-refractivity contribution in [3.8, 4) is 0 Å². The number of hydrogen-bond acceptors (Lipinski definition) is 4. The maximum absolute atomic E-state index is 12.6. The van der Waals surface area contributed by atoms with Crippen LogP contribution in [-0.2, 0) is 12.0 Å². The number of thiazole rings is 1. The van der Waals surface area contributed by atoms with Gasteiger partial charge in [-0.25, -0.2) is 4.98 Å². The lowest BCUT2D eigenvalue weighted by atomic mass is 9.91. The lowest BCUT2D eigenvalue weighted by Crippen LogP contribution is -2.34. The number of rotatable bonds is 5. The fraction of sp³-hybridized carbons (Fsp3) is 0.769. The second-order valence-corrected chi connectivity index (χ2v) is 6.82. The van der Waals surface area contributed by atoms with Crippen molar-refractivity contribution in [1.29, 1.82) is 0 Å². The first kappa shape index (κ1) is 17.2. The Morgan fingerprint density at radius 1 is 1.25 bits per heavy atom. The van der Waals surface area contributed by atoms with E-state index in [2.05, 4.69) is 4.98 Å². The Morgan fingerprint density at radius 2 is 1.85 bits per heavy atom. The zero-order valence-electron chi connectivity index (χ0n) is 12.3. The summed E-state index contributed by atoms with van der Waals surface area (Å²) in [7, 11) is 0. The molecule has 3 nitrogen and oxygen atoms in total. The smallest absolute Gasteiger partial charge is 0.339 e. The highest BCUT2D eigenvalue weighted by atomic mass is 32.1. The van der Waals surface area contributed by atoms with Gasteiger partial charge in [0.15, 0.2) is 5.13 Å². The molecule has 7 heteroatoms. The van der Waals surface area contributed by atoms with Gasteiger partial charge >= 0.3 is 6.18 Å². The van der Waals surface area contributed by atoms with E-state index < -0.39 is 12.7 Å². The summed E-state index contributed by atoms with van der Waals surface area (Å²) in [6, 6.07) is 0. The fourth-order valence-corrected chi connectivity index (χ4v) is 3.10. The van der Waals surface area contributed by atoms with Crippen molar-refractivity contribution in [3.63, 3.8) is 0 Å². The molecule has 0 bridgehead atoms. The number of aromatic nitrogens is 1. The second kappa shape index (κ2) is 6.30. The minimum absolute atomic E-state index is 0.223. The van der Waals surface area contributed by atoms with Crippen molar-refractivity contribution in [1.82, 2.24) is 4.98 Å². The number of nitrogens with zero attached hydrogens (tertiary/aromatic N) is 2. The second-order valence-electron chi connectivity index (χ2n) is 5.76. The van der Waals surface area contributed by atoms with Crippen LogP contribution in [0.5, 0.6) is 0 Å². The number of nitrogens with two attached hydrogens (primary N) is 1. The van der Waals surface area contributed by atoms with Gasteiger partial charge < -0.3 is 10.6 Å². The van der Waals surface area contributed by atoms with E-state index in [0.29, 0.717) is 24.6 Å². The maximum atomic E-state index is 12.6. The summed E-state index contributed by atoms with van der Waals surface area (Å²) in [6.45, 7) is 7.47. The van der Waals surface area contributed by atoms with Gasteiger partial charge in [0.05, 0.1) is 5.69 Å². The zero-order valence-corrected chi connectivity index (χ0v) is 13.2. The normalized spacial score (nSPS) is 12.8. The molecule has 0 aliphatic carbocycles. The summed E-state index contributed by atoms with van der Waals surface area (Å²) in [5, 5.41) is 0.412. The monoisotopic (exact) mass is 309 g/mol. The third-order valence-corrected chi connectivity index (χ3v) is 3.85. The Balaban J connectivity index is 3.12. The van der Waals surface area contributed by atoms with Gasteiger partial charge in [-0.05, 0) is 6.42 Å². The van der Waals surface area contributed by atoms with Crippen molar-refractivity contribution in [2.45, 2.75) is 52.3 Å². The van der Waals surface area contributed by atoms with Crippen LogP contribution in [0.4, 0.5) is 18.3 Å². The van der Waals surface area contributed by atoms with Crippen LogP contribution >= 0.6 is 11.3 Å². The molecule has 0 fully saturated rings.